The third-order valence-corrected chi connectivity index (χ3v) is 7.03. The lowest BCUT2D eigenvalue weighted by atomic mass is 10.1. The second kappa shape index (κ2) is 12.0. The number of carbonyl (C=O) groups excluding carboxylic acids is 2. The van der Waals surface area contributed by atoms with E-state index in [1.54, 1.807) is 45.0 Å². The van der Waals surface area contributed by atoms with Gasteiger partial charge in [0.15, 0.2) is 0 Å². The summed E-state index contributed by atoms with van der Waals surface area (Å²) in [7, 11) is -0.136. The number of methoxy groups -OCH3 is 1. The Kier molecular flexibility index (Phi) is 9.61. The van der Waals surface area contributed by atoms with Gasteiger partial charge in [-0.25, -0.2) is 8.70 Å². The monoisotopic (exact) mass is 508 g/mol. The van der Waals surface area contributed by atoms with Gasteiger partial charge in [0.2, 0.25) is 11.8 Å². The Bertz CT molecular complexity index is 1140. The van der Waals surface area contributed by atoms with Gasteiger partial charge in [0.1, 0.15) is 24.2 Å². The van der Waals surface area contributed by atoms with Crippen molar-refractivity contribution in [3.8, 4) is 5.75 Å². The van der Waals surface area contributed by atoms with Gasteiger partial charge in [0.05, 0.1) is 12.8 Å². The van der Waals surface area contributed by atoms with Crippen molar-refractivity contribution >= 4 is 27.7 Å². The zero-order valence-electron chi connectivity index (χ0n) is 20.9. The summed E-state index contributed by atoms with van der Waals surface area (Å²) < 4.78 is 47.6. The van der Waals surface area contributed by atoms with E-state index in [0.29, 0.717) is 15.6 Å². The third kappa shape index (κ3) is 7.15. The summed E-state index contributed by atoms with van der Waals surface area (Å²) in [5.41, 5.74) is 0.407. The molecule has 0 aliphatic carbocycles. The van der Waals surface area contributed by atoms with Gasteiger partial charge in [-0.3, -0.25) is 9.59 Å². The number of carbonyl (C=O) groups is 2. The van der Waals surface area contributed by atoms with Crippen LogP contribution in [-0.4, -0.2) is 69.3 Å². The molecule has 0 spiro atoms. The van der Waals surface area contributed by atoms with Gasteiger partial charge in [0, 0.05) is 26.7 Å². The number of amides is 2. The Morgan fingerprint density at radius 2 is 1.71 bits per heavy atom. The van der Waals surface area contributed by atoms with Crippen molar-refractivity contribution in [1.82, 2.24) is 14.5 Å². The van der Waals surface area contributed by atoms with Crippen molar-refractivity contribution < 1.29 is 27.1 Å². The molecule has 0 saturated carbocycles. The first-order chi connectivity index (χ1) is 16.4. The molecule has 0 aliphatic heterocycles. The van der Waals surface area contributed by atoms with Crippen LogP contribution in [0, 0.1) is 5.82 Å². The highest BCUT2D eigenvalue weighted by Crippen LogP contribution is 2.24. The lowest BCUT2D eigenvalue weighted by molar-refractivity contribution is -0.139. The molecule has 1 atom stereocenters. The molecule has 0 aromatic heterocycles. The van der Waals surface area contributed by atoms with Gasteiger partial charge < -0.3 is 15.0 Å². The summed E-state index contributed by atoms with van der Waals surface area (Å²) in [6.07, 6.45) is 0. The molecule has 2 amide bonds. The number of para-hydroxylation sites is 1. The fraction of sp³-hybridized carbons (Fsp3) is 0.417. The number of ether oxygens (including phenoxy) is 1. The predicted molar refractivity (Wildman–Crippen MR) is 133 cm³/mol. The van der Waals surface area contributed by atoms with Crippen LogP contribution in [0.2, 0.25) is 0 Å². The maximum Gasteiger partial charge on any atom is 0.304 e. The zero-order chi connectivity index (χ0) is 26.3. The number of halogens is 1. The van der Waals surface area contributed by atoms with Crippen molar-refractivity contribution in [2.45, 2.75) is 39.4 Å². The molecule has 0 radical (unpaired) electrons. The highest BCUT2D eigenvalue weighted by atomic mass is 32.2. The Balaban J connectivity index is 2.49. The van der Waals surface area contributed by atoms with Crippen molar-refractivity contribution in [2.75, 3.05) is 32.1 Å². The fourth-order valence-electron chi connectivity index (χ4n) is 3.31. The lowest BCUT2D eigenvalue weighted by Gasteiger charge is -2.33. The van der Waals surface area contributed by atoms with Crippen molar-refractivity contribution in [3.05, 3.63) is 59.9 Å². The largest absolute Gasteiger partial charge is 0.497 e. The summed E-state index contributed by atoms with van der Waals surface area (Å²) >= 11 is 0. The molecular weight excluding hydrogens is 475 g/mol. The SMILES string of the molecule is COc1cccc(CN(C(=O)CN(c2ccccc2F)S(=O)(=O)N(C)C)C(C)C(=O)NC(C)C)c1. The summed E-state index contributed by atoms with van der Waals surface area (Å²) in [4.78, 5) is 27.6. The van der Waals surface area contributed by atoms with Crippen LogP contribution in [0.3, 0.4) is 0 Å². The molecule has 1 N–H and O–H groups in total. The molecule has 0 saturated heterocycles. The molecule has 2 rings (SSSR count). The predicted octanol–water partition coefficient (Wildman–Crippen LogP) is 2.39. The molecule has 9 nitrogen and oxygen atoms in total. The number of benzene rings is 2. The third-order valence-electron chi connectivity index (χ3n) is 5.23. The standard InChI is InChI=1S/C24H33FN4O5S/c1-17(2)26-24(31)18(3)28(15-19-10-9-11-20(14-19)34-6)23(30)16-29(35(32,33)27(4)5)22-13-8-7-12-21(22)25/h7-14,17-18H,15-16H2,1-6H3,(H,26,31). The molecule has 35 heavy (non-hydrogen) atoms. The number of nitrogens with one attached hydrogen (secondary N) is 1. The average molecular weight is 509 g/mol. The first-order valence-electron chi connectivity index (χ1n) is 11.1. The molecule has 2 aromatic carbocycles. The molecule has 1 unspecified atom stereocenters. The van der Waals surface area contributed by atoms with Gasteiger partial charge in [-0.2, -0.15) is 12.7 Å². The van der Waals surface area contributed by atoms with E-state index in [-0.39, 0.29) is 18.3 Å². The first-order valence-corrected chi connectivity index (χ1v) is 12.5. The topological polar surface area (TPSA) is 99.3 Å². The van der Waals surface area contributed by atoms with Crippen molar-refractivity contribution in [1.29, 1.82) is 0 Å². The molecular formula is C24H33FN4O5S. The normalized spacial score (nSPS) is 12.4. The highest BCUT2D eigenvalue weighted by Gasteiger charge is 2.33. The molecule has 0 fully saturated rings. The van der Waals surface area contributed by atoms with Gasteiger partial charge in [-0.15, -0.1) is 0 Å². The van der Waals surface area contributed by atoms with Crippen LogP contribution in [0.1, 0.15) is 26.3 Å². The van der Waals surface area contributed by atoms with Crippen molar-refractivity contribution in [3.63, 3.8) is 0 Å². The number of rotatable bonds is 11. The maximum absolute atomic E-state index is 14.6. The van der Waals surface area contributed by atoms with Gasteiger partial charge >= 0.3 is 10.2 Å². The number of hydrogen-bond donors (Lipinski definition) is 1. The van der Waals surface area contributed by atoms with Gasteiger partial charge in [0.25, 0.3) is 0 Å². The first kappa shape index (κ1) is 28.1. The van der Waals surface area contributed by atoms with Gasteiger partial charge in [-0.05, 0) is 50.6 Å². The quantitative estimate of drug-likeness (QED) is 0.503. The van der Waals surface area contributed by atoms with Crippen LogP contribution < -0.4 is 14.4 Å². The van der Waals surface area contributed by atoms with Crippen molar-refractivity contribution in [2.24, 2.45) is 0 Å². The summed E-state index contributed by atoms with van der Waals surface area (Å²) in [6, 6.07) is 11.2. The van der Waals surface area contributed by atoms with Crippen LogP contribution in [0.5, 0.6) is 5.75 Å². The molecule has 192 valence electrons. The van der Waals surface area contributed by atoms with Gasteiger partial charge in [-0.1, -0.05) is 24.3 Å². The fourth-order valence-corrected chi connectivity index (χ4v) is 4.38. The molecule has 0 bridgehead atoms. The summed E-state index contributed by atoms with van der Waals surface area (Å²) in [6.45, 7) is 4.45. The van der Waals surface area contributed by atoms with Crippen LogP contribution in [0.15, 0.2) is 48.5 Å². The molecule has 2 aromatic rings. The molecule has 11 heteroatoms. The van der Waals surface area contributed by atoms with Crippen LogP contribution >= 0.6 is 0 Å². The number of anilines is 1. The Morgan fingerprint density at radius 1 is 1.06 bits per heavy atom. The van der Waals surface area contributed by atoms with Crippen LogP contribution in [-0.2, 0) is 26.3 Å². The highest BCUT2D eigenvalue weighted by molar-refractivity contribution is 7.90. The van der Waals surface area contributed by atoms with Crippen LogP contribution in [0.4, 0.5) is 10.1 Å². The molecule has 0 aliphatic rings. The van der Waals surface area contributed by atoms with E-state index in [1.807, 2.05) is 0 Å². The summed E-state index contributed by atoms with van der Waals surface area (Å²) in [5.74, 6) is -1.30. The van der Waals surface area contributed by atoms with E-state index in [9.17, 15) is 22.4 Å². The van der Waals surface area contributed by atoms with E-state index >= 15 is 0 Å². The van der Waals surface area contributed by atoms with E-state index in [4.69, 9.17) is 4.74 Å². The lowest BCUT2D eigenvalue weighted by Crippen LogP contribution is -2.53. The Labute approximate surface area is 206 Å². The number of nitrogens with zero attached hydrogens (tertiary/aromatic N) is 3. The van der Waals surface area contributed by atoms with E-state index in [2.05, 4.69) is 5.32 Å². The minimum atomic E-state index is -4.23. The van der Waals surface area contributed by atoms with E-state index in [1.165, 1.54) is 44.3 Å². The minimum Gasteiger partial charge on any atom is -0.497 e. The zero-order valence-corrected chi connectivity index (χ0v) is 21.7. The maximum atomic E-state index is 14.6. The van der Waals surface area contributed by atoms with E-state index < -0.39 is 40.4 Å². The average Bonchev–Trinajstić information content (AvgIpc) is 2.80. The second-order valence-corrected chi connectivity index (χ2v) is 10.5. The second-order valence-electron chi connectivity index (χ2n) is 8.46. The molecule has 0 heterocycles. The summed E-state index contributed by atoms with van der Waals surface area (Å²) in [5, 5.41) is 2.77. The van der Waals surface area contributed by atoms with Crippen LogP contribution in [0.25, 0.3) is 0 Å². The Hall–Kier alpha value is -3.18. The minimum absolute atomic E-state index is 0.00976. The Morgan fingerprint density at radius 3 is 2.29 bits per heavy atom. The van der Waals surface area contributed by atoms with E-state index in [0.717, 1.165) is 10.4 Å². The number of hydrogen-bond acceptors (Lipinski definition) is 5. The smallest absolute Gasteiger partial charge is 0.304 e.